The topological polar surface area (TPSA) is 38.8 Å². The van der Waals surface area contributed by atoms with Crippen LogP contribution in [0, 0.1) is 0 Å². The van der Waals surface area contributed by atoms with Crippen molar-refractivity contribution in [1.29, 1.82) is 0 Å². The Morgan fingerprint density at radius 2 is 1.72 bits per heavy atom. The van der Waals surface area contributed by atoms with Crippen LogP contribution in [0.4, 0.5) is 0 Å². The fourth-order valence-corrected chi connectivity index (χ4v) is 4.94. The highest BCUT2D eigenvalue weighted by molar-refractivity contribution is 7.09. The van der Waals surface area contributed by atoms with Gasteiger partial charge in [0.25, 0.3) is 0 Å². The van der Waals surface area contributed by atoms with Crippen LogP contribution < -0.4 is 4.74 Å². The molecule has 5 heteroatoms. The van der Waals surface area contributed by atoms with Crippen molar-refractivity contribution in [3.8, 4) is 11.5 Å². The monoisotopic (exact) mass is 405 g/mol. The fraction of sp³-hybridized carbons (Fsp3) is 0.292. The normalized spacial score (nSPS) is 18.0. The molecule has 148 valence electrons. The van der Waals surface area contributed by atoms with E-state index in [4.69, 9.17) is 9.47 Å². The maximum absolute atomic E-state index is 14.0. The van der Waals surface area contributed by atoms with Gasteiger partial charge < -0.3 is 14.4 Å². The molecule has 2 aromatic carbocycles. The second-order valence-electron chi connectivity index (χ2n) is 7.54. The molecule has 0 saturated carbocycles. The van der Waals surface area contributed by atoms with Crippen molar-refractivity contribution < 1.29 is 14.3 Å². The van der Waals surface area contributed by atoms with Crippen LogP contribution in [0.2, 0.25) is 0 Å². The predicted molar refractivity (Wildman–Crippen MR) is 114 cm³/mol. The van der Waals surface area contributed by atoms with E-state index in [9.17, 15) is 4.79 Å². The highest BCUT2D eigenvalue weighted by Crippen LogP contribution is 2.44. The lowest BCUT2D eigenvalue weighted by molar-refractivity contribution is -0.134. The van der Waals surface area contributed by atoms with Crippen LogP contribution in [0.15, 0.2) is 66.0 Å². The molecule has 1 aromatic heterocycles. The summed E-state index contributed by atoms with van der Waals surface area (Å²) < 4.78 is 11.9. The number of ether oxygens (including phenoxy) is 2. The molecule has 5 rings (SSSR count). The molecule has 2 aliphatic heterocycles. The van der Waals surface area contributed by atoms with Gasteiger partial charge in [0.2, 0.25) is 5.91 Å². The van der Waals surface area contributed by atoms with Gasteiger partial charge in [0.05, 0.1) is 18.6 Å². The lowest BCUT2D eigenvalue weighted by Gasteiger charge is -2.33. The Balaban J connectivity index is 1.52. The largest absolute Gasteiger partial charge is 0.457 e. The van der Waals surface area contributed by atoms with Crippen LogP contribution in [0.5, 0.6) is 11.5 Å². The average Bonchev–Trinajstić information content (AvgIpc) is 3.45. The predicted octanol–water partition coefficient (Wildman–Crippen LogP) is 5.19. The molecular weight excluding hydrogens is 382 g/mol. The Hall–Kier alpha value is -2.63. The number of rotatable bonds is 5. The molecule has 0 bridgehead atoms. The summed E-state index contributed by atoms with van der Waals surface area (Å²) in [5.41, 5.74) is 1.86. The van der Waals surface area contributed by atoms with Gasteiger partial charge >= 0.3 is 0 Å². The van der Waals surface area contributed by atoms with Crippen LogP contribution >= 0.6 is 11.3 Å². The summed E-state index contributed by atoms with van der Waals surface area (Å²) in [6.07, 6.45) is 2.19. The minimum Gasteiger partial charge on any atom is -0.457 e. The van der Waals surface area contributed by atoms with Crippen molar-refractivity contribution in [2.75, 3.05) is 13.2 Å². The first-order valence-corrected chi connectivity index (χ1v) is 11.0. The van der Waals surface area contributed by atoms with Gasteiger partial charge in [0.15, 0.2) is 0 Å². The number of nitrogens with zero attached hydrogens (tertiary/aromatic N) is 1. The van der Waals surface area contributed by atoms with E-state index in [1.807, 2.05) is 59.5 Å². The zero-order valence-corrected chi connectivity index (χ0v) is 16.9. The lowest BCUT2D eigenvalue weighted by atomic mass is 9.86. The van der Waals surface area contributed by atoms with E-state index in [-0.39, 0.29) is 17.9 Å². The van der Waals surface area contributed by atoms with Gasteiger partial charge in [-0.2, -0.15) is 0 Å². The summed E-state index contributed by atoms with van der Waals surface area (Å²) in [5, 5.41) is 2.06. The van der Waals surface area contributed by atoms with Crippen LogP contribution in [0.25, 0.3) is 0 Å². The Morgan fingerprint density at radius 1 is 1.00 bits per heavy atom. The summed E-state index contributed by atoms with van der Waals surface area (Å²) in [5.74, 6) is 1.27. The number of carbonyl (C=O) groups is 1. The second-order valence-corrected chi connectivity index (χ2v) is 8.58. The van der Waals surface area contributed by atoms with Crippen molar-refractivity contribution in [3.05, 3.63) is 82.0 Å². The van der Waals surface area contributed by atoms with Gasteiger partial charge in [0.1, 0.15) is 11.5 Å². The zero-order chi connectivity index (χ0) is 19.6. The summed E-state index contributed by atoms with van der Waals surface area (Å²) in [4.78, 5) is 17.1. The molecule has 1 amide bonds. The number of hydrogen-bond acceptors (Lipinski definition) is 4. The van der Waals surface area contributed by atoms with Crippen molar-refractivity contribution in [2.45, 2.75) is 31.4 Å². The number of fused-ring (bicyclic) bond motifs is 2. The van der Waals surface area contributed by atoms with E-state index >= 15 is 0 Å². The van der Waals surface area contributed by atoms with Crippen LogP contribution in [0.3, 0.4) is 0 Å². The molecule has 3 heterocycles. The molecule has 2 aliphatic rings. The molecule has 0 N–H and O–H groups in total. The lowest BCUT2D eigenvalue weighted by Crippen LogP contribution is -2.40. The minimum absolute atomic E-state index is 0.108. The van der Waals surface area contributed by atoms with Crippen molar-refractivity contribution in [1.82, 2.24) is 4.90 Å². The van der Waals surface area contributed by atoms with Crippen LogP contribution in [-0.2, 0) is 16.1 Å². The number of carbonyl (C=O) groups excluding carboxylic acids is 1. The van der Waals surface area contributed by atoms with E-state index in [0.29, 0.717) is 13.1 Å². The average molecular weight is 406 g/mol. The molecule has 0 unspecified atom stereocenters. The standard InChI is InChI=1S/C24H23NO3S/c26-24(25(15-17-7-5-13-27-17)16-18-8-6-14-29-18)23-19-9-1-3-11-21(19)28-22-12-4-2-10-20(22)23/h1-4,6,8-12,14,17,23H,5,7,13,15-16H2/t17-/m0/s1. The molecule has 0 radical (unpaired) electrons. The van der Waals surface area contributed by atoms with Gasteiger partial charge in [-0.15, -0.1) is 11.3 Å². The Bertz CT molecular complexity index is 949. The van der Waals surface area contributed by atoms with Gasteiger partial charge in [0, 0.05) is 29.2 Å². The van der Waals surface area contributed by atoms with E-state index in [0.717, 1.165) is 42.1 Å². The molecule has 1 atom stereocenters. The maximum atomic E-state index is 14.0. The summed E-state index contributed by atoms with van der Waals surface area (Å²) in [6, 6.07) is 19.9. The van der Waals surface area contributed by atoms with Crippen LogP contribution in [-0.4, -0.2) is 30.1 Å². The highest BCUT2D eigenvalue weighted by Gasteiger charge is 2.36. The molecule has 0 spiro atoms. The van der Waals surface area contributed by atoms with E-state index in [1.165, 1.54) is 4.88 Å². The molecule has 0 aliphatic carbocycles. The quantitative estimate of drug-likeness (QED) is 0.586. The fourth-order valence-electron chi connectivity index (χ4n) is 4.22. The maximum Gasteiger partial charge on any atom is 0.235 e. The molecule has 4 nitrogen and oxygen atoms in total. The number of benzene rings is 2. The Labute approximate surface area is 174 Å². The first-order chi connectivity index (χ1) is 14.3. The van der Waals surface area contributed by atoms with E-state index in [1.54, 1.807) is 11.3 Å². The number of para-hydroxylation sites is 2. The summed E-state index contributed by atoms with van der Waals surface area (Å²) >= 11 is 1.69. The molecule has 3 aromatic rings. The third-order valence-corrected chi connectivity index (χ3v) is 6.47. The summed E-state index contributed by atoms with van der Waals surface area (Å²) in [6.45, 7) is 2.02. The Kier molecular flexibility index (Phi) is 5.08. The van der Waals surface area contributed by atoms with Gasteiger partial charge in [-0.3, -0.25) is 4.79 Å². The number of thiophene rings is 1. The highest BCUT2D eigenvalue weighted by atomic mass is 32.1. The minimum atomic E-state index is -0.363. The van der Waals surface area contributed by atoms with Gasteiger partial charge in [-0.1, -0.05) is 42.5 Å². The SMILES string of the molecule is O=C(C1c2ccccc2Oc2ccccc21)N(Cc1cccs1)C[C@@H]1CCCO1. The first-order valence-electron chi connectivity index (χ1n) is 10.1. The zero-order valence-electron chi connectivity index (χ0n) is 16.1. The molecular formula is C24H23NO3S. The van der Waals surface area contributed by atoms with E-state index in [2.05, 4.69) is 11.4 Å². The third-order valence-electron chi connectivity index (χ3n) is 5.61. The second kappa shape index (κ2) is 8.01. The summed E-state index contributed by atoms with van der Waals surface area (Å²) in [7, 11) is 0. The van der Waals surface area contributed by atoms with Gasteiger partial charge in [-0.05, 0) is 36.4 Å². The van der Waals surface area contributed by atoms with Gasteiger partial charge in [-0.25, -0.2) is 0 Å². The smallest absolute Gasteiger partial charge is 0.235 e. The molecule has 1 saturated heterocycles. The van der Waals surface area contributed by atoms with Crippen LogP contribution in [0.1, 0.15) is 34.8 Å². The van der Waals surface area contributed by atoms with Crippen molar-refractivity contribution in [2.24, 2.45) is 0 Å². The van der Waals surface area contributed by atoms with Crippen molar-refractivity contribution >= 4 is 17.2 Å². The molecule has 29 heavy (non-hydrogen) atoms. The number of hydrogen-bond donors (Lipinski definition) is 0. The molecule has 1 fully saturated rings. The van der Waals surface area contributed by atoms with Crippen molar-refractivity contribution in [3.63, 3.8) is 0 Å². The van der Waals surface area contributed by atoms with E-state index < -0.39 is 0 Å². The Morgan fingerprint density at radius 3 is 2.34 bits per heavy atom. The first kappa shape index (κ1) is 18.4. The number of amides is 1. The third kappa shape index (κ3) is 3.68.